The molecule has 2 heterocycles. The Labute approximate surface area is 108 Å². The number of rotatable bonds is 5. The highest BCUT2D eigenvalue weighted by Gasteiger charge is 2.12. The van der Waals surface area contributed by atoms with Crippen LogP contribution in [0, 0.1) is 5.82 Å². The summed E-state index contributed by atoms with van der Waals surface area (Å²) in [5.41, 5.74) is 5.29. The minimum atomic E-state index is -0.638. The van der Waals surface area contributed by atoms with Gasteiger partial charge in [-0.1, -0.05) is 6.92 Å². The summed E-state index contributed by atoms with van der Waals surface area (Å²) in [4.78, 5) is 18.8. The summed E-state index contributed by atoms with van der Waals surface area (Å²) in [6.07, 6.45) is 4.51. The fraction of sp³-hybridized carbons (Fsp3) is 0.273. The predicted molar refractivity (Wildman–Crippen MR) is 66.4 cm³/mol. The number of carbonyl (C=O) groups is 1. The van der Waals surface area contributed by atoms with E-state index in [1.165, 1.54) is 12.4 Å². The molecule has 0 fully saturated rings. The molecule has 2 aromatic heterocycles. The Morgan fingerprint density at radius 2 is 2.32 bits per heavy atom. The van der Waals surface area contributed by atoms with Crippen LogP contribution in [0.15, 0.2) is 18.6 Å². The molecule has 0 aliphatic heterocycles. The van der Waals surface area contributed by atoms with E-state index in [0.29, 0.717) is 12.5 Å². The van der Waals surface area contributed by atoms with Crippen LogP contribution in [0.5, 0.6) is 0 Å². The third-order valence-electron chi connectivity index (χ3n) is 2.34. The second kappa shape index (κ2) is 5.42. The van der Waals surface area contributed by atoms with Gasteiger partial charge >= 0.3 is 0 Å². The zero-order valence-corrected chi connectivity index (χ0v) is 10.3. The largest absolute Gasteiger partial charge is 0.366 e. The van der Waals surface area contributed by atoms with Crippen molar-refractivity contribution in [3.63, 3.8) is 0 Å². The third kappa shape index (κ3) is 2.84. The number of carbonyl (C=O) groups excluding carboxylic acids is 1. The first-order valence-corrected chi connectivity index (χ1v) is 5.73. The van der Waals surface area contributed by atoms with Crippen LogP contribution in [0.2, 0.25) is 0 Å². The van der Waals surface area contributed by atoms with E-state index < -0.39 is 11.7 Å². The topological polar surface area (TPSA) is 98.7 Å². The molecule has 0 saturated heterocycles. The highest BCUT2D eigenvalue weighted by molar-refractivity contribution is 5.92. The van der Waals surface area contributed by atoms with E-state index in [-0.39, 0.29) is 11.4 Å². The number of primary amides is 1. The molecule has 1 amide bonds. The number of amides is 1. The number of nitrogens with two attached hydrogens (primary N) is 1. The Morgan fingerprint density at radius 3 is 2.95 bits per heavy atom. The lowest BCUT2D eigenvalue weighted by molar-refractivity contribution is 0.100. The number of anilines is 1. The van der Waals surface area contributed by atoms with E-state index in [4.69, 9.17) is 5.73 Å². The lowest BCUT2D eigenvalue weighted by Crippen LogP contribution is -2.11. The molecule has 0 saturated carbocycles. The van der Waals surface area contributed by atoms with Crippen molar-refractivity contribution in [3.8, 4) is 5.82 Å². The van der Waals surface area contributed by atoms with Gasteiger partial charge in [0.1, 0.15) is 0 Å². The fourth-order valence-electron chi connectivity index (χ4n) is 1.41. The molecule has 0 unspecified atom stereocenters. The molecule has 0 aromatic carbocycles. The van der Waals surface area contributed by atoms with Gasteiger partial charge in [0.25, 0.3) is 5.91 Å². The second-order valence-electron chi connectivity index (χ2n) is 3.83. The minimum Gasteiger partial charge on any atom is -0.366 e. The standard InChI is InChI=1S/C11H13FN6O/c1-2-3-14-11-15-5-8(12)10(17-11)18-6-7(4-16-18)9(13)19/h4-6H,2-3H2,1H3,(H2,13,19)(H,14,15,17). The third-order valence-corrected chi connectivity index (χ3v) is 2.34. The molecule has 0 aliphatic rings. The van der Waals surface area contributed by atoms with Gasteiger partial charge in [-0.25, -0.2) is 14.1 Å². The zero-order valence-electron chi connectivity index (χ0n) is 10.3. The Hall–Kier alpha value is -2.51. The molecular formula is C11H13FN6O. The van der Waals surface area contributed by atoms with E-state index in [0.717, 1.165) is 17.3 Å². The fourth-order valence-corrected chi connectivity index (χ4v) is 1.41. The number of nitrogens with zero attached hydrogens (tertiary/aromatic N) is 4. The van der Waals surface area contributed by atoms with E-state index >= 15 is 0 Å². The molecule has 19 heavy (non-hydrogen) atoms. The SMILES string of the molecule is CCCNc1ncc(F)c(-n2cc(C(N)=O)cn2)n1. The molecule has 8 heteroatoms. The first kappa shape index (κ1) is 12.9. The number of hydrogen-bond donors (Lipinski definition) is 2. The molecule has 0 spiro atoms. The quantitative estimate of drug-likeness (QED) is 0.829. The Balaban J connectivity index is 2.33. The number of nitrogens with one attached hydrogen (secondary N) is 1. The summed E-state index contributed by atoms with van der Waals surface area (Å²) in [5.74, 6) is -1.01. The van der Waals surface area contributed by atoms with Gasteiger partial charge in [0.15, 0.2) is 11.6 Å². The van der Waals surface area contributed by atoms with Crippen LogP contribution in [0.1, 0.15) is 23.7 Å². The molecule has 0 atom stereocenters. The number of hydrogen-bond acceptors (Lipinski definition) is 5. The van der Waals surface area contributed by atoms with Crippen LogP contribution in [0.4, 0.5) is 10.3 Å². The summed E-state index contributed by atoms with van der Waals surface area (Å²) < 4.78 is 14.8. The second-order valence-corrected chi connectivity index (χ2v) is 3.83. The van der Waals surface area contributed by atoms with Crippen molar-refractivity contribution in [2.24, 2.45) is 5.73 Å². The summed E-state index contributed by atoms with van der Waals surface area (Å²) in [6, 6.07) is 0. The van der Waals surface area contributed by atoms with Gasteiger partial charge in [-0.05, 0) is 6.42 Å². The smallest absolute Gasteiger partial charge is 0.251 e. The van der Waals surface area contributed by atoms with Gasteiger partial charge in [-0.15, -0.1) is 0 Å². The van der Waals surface area contributed by atoms with Crippen molar-refractivity contribution < 1.29 is 9.18 Å². The summed E-state index contributed by atoms with van der Waals surface area (Å²) in [7, 11) is 0. The van der Waals surface area contributed by atoms with Gasteiger partial charge in [-0.2, -0.15) is 10.1 Å². The zero-order chi connectivity index (χ0) is 13.8. The predicted octanol–water partition coefficient (Wildman–Crippen LogP) is 0.722. The van der Waals surface area contributed by atoms with Crippen LogP contribution in [-0.4, -0.2) is 32.2 Å². The first-order chi connectivity index (χ1) is 9.11. The van der Waals surface area contributed by atoms with Crippen LogP contribution in [0.3, 0.4) is 0 Å². The van der Waals surface area contributed by atoms with Gasteiger partial charge in [0.2, 0.25) is 5.95 Å². The monoisotopic (exact) mass is 264 g/mol. The lowest BCUT2D eigenvalue weighted by Gasteiger charge is -2.06. The molecule has 100 valence electrons. The van der Waals surface area contributed by atoms with Crippen LogP contribution in [-0.2, 0) is 0 Å². The molecule has 0 bridgehead atoms. The Morgan fingerprint density at radius 1 is 1.53 bits per heavy atom. The number of aromatic nitrogens is 4. The highest BCUT2D eigenvalue weighted by Crippen LogP contribution is 2.12. The summed E-state index contributed by atoms with van der Waals surface area (Å²) >= 11 is 0. The maximum Gasteiger partial charge on any atom is 0.251 e. The summed E-state index contributed by atoms with van der Waals surface area (Å²) in [6.45, 7) is 2.67. The van der Waals surface area contributed by atoms with Gasteiger partial charge in [0, 0.05) is 12.7 Å². The maximum atomic E-state index is 13.7. The van der Waals surface area contributed by atoms with Gasteiger partial charge < -0.3 is 11.1 Å². The molecule has 0 aliphatic carbocycles. The van der Waals surface area contributed by atoms with Crippen molar-refractivity contribution >= 4 is 11.9 Å². The molecule has 2 rings (SSSR count). The first-order valence-electron chi connectivity index (χ1n) is 5.73. The maximum absolute atomic E-state index is 13.7. The van der Waals surface area contributed by atoms with Crippen molar-refractivity contribution in [2.45, 2.75) is 13.3 Å². The normalized spacial score (nSPS) is 10.4. The molecule has 0 radical (unpaired) electrons. The van der Waals surface area contributed by atoms with Crippen LogP contribution in [0.25, 0.3) is 5.82 Å². The van der Waals surface area contributed by atoms with Gasteiger partial charge in [-0.3, -0.25) is 4.79 Å². The molecular weight excluding hydrogens is 251 g/mol. The molecule has 2 aromatic rings. The molecule has 3 N–H and O–H groups in total. The number of halogens is 1. The van der Waals surface area contributed by atoms with Gasteiger partial charge in [0.05, 0.1) is 18.0 Å². The van der Waals surface area contributed by atoms with E-state index in [9.17, 15) is 9.18 Å². The van der Waals surface area contributed by atoms with E-state index in [1.807, 2.05) is 6.92 Å². The lowest BCUT2D eigenvalue weighted by atomic mass is 10.3. The Bertz CT molecular complexity index is 597. The minimum absolute atomic E-state index is 0.0406. The van der Waals surface area contributed by atoms with Crippen molar-refractivity contribution in [2.75, 3.05) is 11.9 Å². The average Bonchev–Trinajstić information content (AvgIpc) is 2.87. The van der Waals surface area contributed by atoms with Crippen LogP contribution < -0.4 is 11.1 Å². The average molecular weight is 264 g/mol. The Kier molecular flexibility index (Phi) is 3.69. The molecule has 7 nitrogen and oxygen atoms in total. The van der Waals surface area contributed by atoms with Crippen molar-refractivity contribution in [1.82, 2.24) is 19.7 Å². The van der Waals surface area contributed by atoms with E-state index in [2.05, 4.69) is 20.4 Å². The van der Waals surface area contributed by atoms with E-state index in [1.54, 1.807) is 0 Å². The van der Waals surface area contributed by atoms with Crippen LogP contribution >= 0.6 is 0 Å². The summed E-state index contributed by atoms with van der Waals surface area (Å²) in [5, 5.41) is 6.79. The van der Waals surface area contributed by atoms with Crippen molar-refractivity contribution in [1.29, 1.82) is 0 Å². The van der Waals surface area contributed by atoms with Crippen molar-refractivity contribution in [3.05, 3.63) is 30.0 Å². The highest BCUT2D eigenvalue weighted by atomic mass is 19.1.